The Kier molecular flexibility index (Phi) is 14.6. The lowest BCUT2D eigenvalue weighted by Crippen LogP contribution is -2.30. The van der Waals surface area contributed by atoms with Crippen molar-refractivity contribution in [1.29, 1.82) is 0 Å². The minimum absolute atomic E-state index is 0.0357. The molecule has 0 fully saturated rings. The smallest absolute Gasteiger partial charge is 0.241 e. The highest BCUT2D eigenvalue weighted by molar-refractivity contribution is 7.89. The summed E-state index contributed by atoms with van der Waals surface area (Å²) in [6.07, 6.45) is 6.56. The molecule has 3 aromatic rings. The first kappa shape index (κ1) is 34.7. The maximum atomic E-state index is 12.8. The predicted molar refractivity (Wildman–Crippen MR) is 171 cm³/mol. The van der Waals surface area contributed by atoms with E-state index < -0.39 is 16.1 Å². The van der Waals surface area contributed by atoms with Crippen LogP contribution in [0, 0.1) is 0 Å². The van der Waals surface area contributed by atoms with E-state index in [1.807, 2.05) is 38.1 Å². The number of hydrogen-bond donors (Lipinski definition) is 5. The topological polar surface area (TPSA) is 128 Å². The van der Waals surface area contributed by atoms with Crippen LogP contribution < -0.4 is 10.0 Å². The van der Waals surface area contributed by atoms with Crippen LogP contribution in [0.5, 0.6) is 5.75 Å². The Morgan fingerprint density at radius 3 is 2.28 bits per heavy atom. The lowest BCUT2D eigenvalue weighted by Gasteiger charge is -2.14. The van der Waals surface area contributed by atoms with Crippen LogP contribution in [0.1, 0.15) is 75.2 Å². The highest BCUT2D eigenvalue weighted by Gasteiger charge is 2.19. The van der Waals surface area contributed by atoms with Crippen molar-refractivity contribution in [2.24, 2.45) is 0 Å². The van der Waals surface area contributed by atoms with Gasteiger partial charge in [0.25, 0.3) is 0 Å². The van der Waals surface area contributed by atoms with Gasteiger partial charge in [-0.3, -0.25) is 0 Å². The number of rotatable bonds is 20. The van der Waals surface area contributed by atoms with Crippen molar-refractivity contribution in [3.8, 4) is 16.9 Å². The number of aromatic hydroxyl groups is 1. The van der Waals surface area contributed by atoms with Crippen molar-refractivity contribution < 1.29 is 28.5 Å². The molecule has 0 spiro atoms. The molecule has 1 atom stereocenters. The molecule has 0 amide bonds. The Bertz CT molecular complexity index is 1350. The summed E-state index contributed by atoms with van der Waals surface area (Å²) in [6, 6.07) is 19.9. The Morgan fingerprint density at radius 1 is 0.860 bits per heavy atom. The van der Waals surface area contributed by atoms with Gasteiger partial charge in [-0.15, -0.1) is 0 Å². The molecule has 9 heteroatoms. The average molecular weight is 613 g/mol. The van der Waals surface area contributed by atoms with E-state index in [9.17, 15) is 23.7 Å². The number of aryl methyl sites for hydroxylation is 1. The van der Waals surface area contributed by atoms with E-state index in [-0.39, 0.29) is 18.4 Å². The van der Waals surface area contributed by atoms with E-state index in [0.717, 1.165) is 70.3 Å². The highest BCUT2D eigenvalue weighted by Crippen LogP contribution is 2.28. The summed E-state index contributed by atoms with van der Waals surface area (Å²) in [7, 11) is -3.58. The van der Waals surface area contributed by atoms with Gasteiger partial charge in [-0.25, -0.2) is 13.1 Å². The van der Waals surface area contributed by atoms with Gasteiger partial charge in [-0.1, -0.05) is 61.4 Å². The number of nitrogens with one attached hydrogen (secondary N) is 2. The van der Waals surface area contributed by atoms with Gasteiger partial charge in [-0.05, 0) is 87.4 Å². The minimum atomic E-state index is -3.58. The third-order valence-corrected chi connectivity index (χ3v) is 8.94. The van der Waals surface area contributed by atoms with E-state index >= 15 is 0 Å². The second-order valence-corrected chi connectivity index (χ2v) is 12.9. The van der Waals surface area contributed by atoms with Crippen LogP contribution in [0.2, 0.25) is 0 Å². The molecule has 0 aliphatic carbocycles. The van der Waals surface area contributed by atoms with Gasteiger partial charge >= 0.3 is 0 Å². The monoisotopic (exact) mass is 612 g/mol. The molecule has 0 aromatic heterocycles. The van der Waals surface area contributed by atoms with Crippen molar-refractivity contribution in [1.82, 2.24) is 10.0 Å². The molecule has 8 nitrogen and oxygen atoms in total. The molecule has 0 aliphatic rings. The van der Waals surface area contributed by atoms with Gasteiger partial charge in [0.1, 0.15) is 5.75 Å². The molecule has 3 rings (SSSR count). The molecule has 0 saturated carbocycles. The number of hydrogen-bond acceptors (Lipinski definition) is 7. The van der Waals surface area contributed by atoms with Crippen molar-refractivity contribution in [3.05, 3.63) is 83.4 Å². The van der Waals surface area contributed by atoms with Crippen LogP contribution in [-0.4, -0.2) is 56.1 Å². The lowest BCUT2D eigenvalue weighted by molar-refractivity contribution is 0.126. The summed E-state index contributed by atoms with van der Waals surface area (Å²) in [5.41, 5.74) is 3.91. The fourth-order valence-corrected chi connectivity index (χ4v) is 6.38. The van der Waals surface area contributed by atoms with Gasteiger partial charge in [0.2, 0.25) is 10.0 Å². The number of aliphatic hydroxyl groups excluding tert-OH is 2. The molecular formula is C34H48N2O6S. The number of ether oxygens (including phenoxy) is 1. The molecule has 3 aromatic carbocycles. The van der Waals surface area contributed by atoms with Gasteiger partial charge in [0.15, 0.2) is 0 Å². The summed E-state index contributed by atoms with van der Waals surface area (Å²) in [5.74, 6) is 0.0357. The first-order valence-corrected chi connectivity index (χ1v) is 16.8. The van der Waals surface area contributed by atoms with Crippen molar-refractivity contribution >= 4 is 10.0 Å². The molecule has 236 valence electrons. The van der Waals surface area contributed by atoms with Crippen LogP contribution in [0.4, 0.5) is 0 Å². The van der Waals surface area contributed by atoms with Crippen molar-refractivity contribution in [2.75, 3.05) is 26.3 Å². The molecule has 0 bridgehead atoms. The SMILES string of the molecule is CC(C)NS(=O)(=O)c1ccccc1-c1ccc(CCCCOCCCCCCNCC(O)c2ccc(O)c(CO)c2)cc1. The van der Waals surface area contributed by atoms with Crippen molar-refractivity contribution in [3.63, 3.8) is 0 Å². The van der Waals surface area contributed by atoms with Gasteiger partial charge in [0.05, 0.1) is 17.6 Å². The molecule has 1 unspecified atom stereocenters. The number of aliphatic hydroxyl groups is 2. The summed E-state index contributed by atoms with van der Waals surface area (Å²) in [6.45, 7) is 6.14. The summed E-state index contributed by atoms with van der Waals surface area (Å²) in [4.78, 5) is 0.297. The lowest BCUT2D eigenvalue weighted by atomic mass is 10.0. The Hall–Kier alpha value is -2.79. The molecular weight excluding hydrogens is 564 g/mol. The predicted octanol–water partition coefficient (Wildman–Crippen LogP) is 5.46. The number of phenols is 1. The van der Waals surface area contributed by atoms with Gasteiger partial charge in [-0.2, -0.15) is 0 Å². The maximum Gasteiger partial charge on any atom is 0.241 e. The molecule has 0 aliphatic heterocycles. The Balaban J connectivity index is 1.23. The second kappa shape index (κ2) is 18.1. The summed E-state index contributed by atoms with van der Waals surface area (Å²) in [5, 5.41) is 32.5. The Labute approximate surface area is 257 Å². The minimum Gasteiger partial charge on any atom is -0.508 e. The molecule has 0 heterocycles. The van der Waals surface area contributed by atoms with E-state index in [0.29, 0.717) is 28.1 Å². The van der Waals surface area contributed by atoms with E-state index in [1.54, 1.807) is 24.3 Å². The zero-order chi connectivity index (χ0) is 31.1. The normalized spacial score (nSPS) is 12.6. The molecule has 43 heavy (non-hydrogen) atoms. The highest BCUT2D eigenvalue weighted by atomic mass is 32.2. The fraction of sp³-hybridized carbons (Fsp3) is 0.471. The van der Waals surface area contributed by atoms with Crippen LogP contribution in [0.15, 0.2) is 71.6 Å². The first-order valence-electron chi connectivity index (χ1n) is 15.3. The van der Waals surface area contributed by atoms with Crippen LogP contribution >= 0.6 is 0 Å². The second-order valence-electron chi connectivity index (χ2n) is 11.2. The average Bonchev–Trinajstić information content (AvgIpc) is 2.99. The zero-order valence-electron chi connectivity index (χ0n) is 25.5. The third-order valence-electron chi connectivity index (χ3n) is 7.23. The van der Waals surface area contributed by atoms with Crippen molar-refractivity contribution in [2.45, 2.75) is 82.4 Å². The number of benzene rings is 3. The van der Waals surface area contributed by atoms with E-state index in [4.69, 9.17) is 4.74 Å². The first-order chi connectivity index (χ1) is 20.7. The van der Waals surface area contributed by atoms with Crippen LogP contribution in [-0.2, 0) is 27.8 Å². The zero-order valence-corrected chi connectivity index (χ0v) is 26.3. The fourth-order valence-electron chi connectivity index (χ4n) is 4.90. The molecule has 5 N–H and O–H groups in total. The van der Waals surface area contributed by atoms with Gasteiger partial charge in [0, 0.05) is 36.9 Å². The van der Waals surface area contributed by atoms with E-state index in [2.05, 4.69) is 22.2 Å². The van der Waals surface area contributed by atoms with E-state index in [1.165, 1.54) is 11.6 Å². The Morgan fingerprint density at radius 2 is 1.56 bits per heavy atom. The summed E-state index contributed by atoms with van der Waals surface area (Å²) < 4.78 is 34.1. The molecule has 0 radical (unpaired) electrons. The number of unbranched alkanes of at least 4 members (excludes halogenated alkanes) is 4. The van der Waals surface area contributed by atoms with Crippen LogP contribution in [0.3, 0.4) is 0 Å². The maximum absolute atomic E-state index is 12.8. The largest absolute Gasteiger partial charge is 0.508 e. The molecule has 0 saturated heterocycles. The third kappa shape index (κ3) is 11.7. The van der Waals surface area contributed by atoms with Crippen LogP contribution in [0.25, 0.3) is 11.1 Å². The summed E-state index contributed by atoms with van der Waals surface area (Å²) >= 11 is 0. The standard InChI is InChI=1S/C34H48N2O6S/c1-26(2)36-43(40,41)34-13-6-5-12-31(34)28-16-14-27(15-17-28)11-7-10-22-42-21-9-4-3-8-20-35-24-33(39)29-18-19-32(38)30(23-29)25-37/h5-6,12-19,23,26,33,35-39H,3-4,7-11,20-22,24-25H2,1-2H3. The quantitative estimate of drug-likeness (QED) is 0.107. The number of sulfonamides is 1. The van der Waals surface area contributed by atoms with Gasteiger partial charge < -0.3 is 25.4 Å².